The molecular formula is C22H33NO3. The van der Waals surface area contributed by atoms with Crippen LogP contribution in [0, 0.1) is 39.9 Å². The van der Waals surface area contributed by atoms with Crippen LogP contribution in [0.1, 0.15) is 46.0 Å². The average Bonchev–Trinajstić information content (AvgIpc) is 3.14. The Morgan fingerprint density at radius 2 is 1.96 bits per heavy atom. The van der Waals surface area contributed by atoms with Gasteiger partial charge >= 0.3 is 0 Å². The predicted octanol–water partition coefficient (Wildman–Crippen LogP) is 1.79. The molecule has 6 fully saturated rings. The van der Waals surface area contributed by atoms with Gasteiger partial charge in [-0.2, -0.15) is 0 Å². The maximum atomic E-state index is 11.5. The number of aliphatic hydroxyl groups is 3. The number of aliphatic hydroxyl groups excluding tert-OH is 3. The van der Waals surface area contributed by atoms with E-state index >= 15 is 0 Å². The van der Waals surface area contributed by atoms with Gasteiger partial charge in [-0.1, -0.05) is 20.4 Å². The smallest absolute Gasteiger partial charge is 0.0813 e. The Balaban J connectivity index is 1.61. The summed E-state index contributed by atoms with van der Waals surface area (Å²) in [4.78, 5) is 2.65. The zero-order chi connectivity index (χ0) is 18.2. The summed E-state index contributed by atoms with van der Waals surface area (Å²) in [7, 11) is 0. The SMILES string of the molecule is C=C1[C@@H](O)[C@]23C[C@@H]1[C@@H](O)C[C@@H]2[C@@]12[C@@H](O)CC[C@@]4(C)CN(CC)[C@@H]1[C@@H]3C[C@@H]42. The molecule has 1 saturated heterocycles. The Labute approximate surface area is 156 Å². The fourth-order valence-electron chi connectivity index (χ4n) is 9.97. The zero-order valence-corrected chi connectivity index (χ0v) is 16.1. The summed E-state index contributed by atoms with van der Waals surface area (Å²) in [5.74, 6) is 1.26. The van der Waals surface area contributed by atoms with Crippen molar-refractivity contribution >= 4 is 0 Å². The molecular weight excluding hydrogens is 326 g/mol. The van der Waals surface area contributed by atoms with Gasteiger partial charge in [0.05, 0.1) is 18.3 Å². The topological polar surface area (TPSA) is 63.9 Å². The lowest BCUT2D eigenvalue weighted by Gasteiger charge is -2.65. The third-order valence-corrected chi connectivity index (χ3v) is 10.6. The summed E-state index contributed by atoms with van der Waals surface area (Å²) in [6.45, 7) is 11.1. The second kappa shape index (κ2) is 4.59. The van der Waals surface area contributed by atoms with Crippen LogP contribution >= 0.6 is 0 Å². The maximum absolute atomic E-state index is 11.5. The molecule has 144 valence electrons. The molecule has 0 aromatic heterocycles. The first-order chi connectivity index (χ1) is 12.3. The number of nitrogens with zero attached hydrogens (tertiary/aromatic N) is 1. The Hall–Kier alpha value is -0.420. The van der Waals surface area contributed by atoms with Gasteiger partial charge in [0.2, 0.25) is 0 Å². The highest BCUT2D eigenvalue weighted by atomic mass is 16.3. The van der Waals surface area contributed by atoms with Crippen LogP contribution in [-0.4, -0.2) is 57.7 Å². The van der Waals surface area contributed by atoms with E-state index in [0.717, 1.165) is 50.8 Å². The van der Waals surface area contributed by atoms with Crippen molar-refractivity contribution < 1.29 is 15.3 Å². The Kier molecular flexibility index (Phi) is 2.92. The fraction of sp³-hybridized carbons (Fsp3) is 0.909. The van der Waals surface area contributed by atoms with E-state index in [-0.39, 0.29) is 34.2 Å². The van der Waals surface area contributed by atoms with E-state index in [1.807, 2.05) is 0 Å². The van der Waals surface area contributed by atoms with Crippen molar-refractivity contribution in [3.63, 3.8) is 0 Å². The molecule has 11 atom stereocenters. The van der Waals surface area contributed by atoms with E-state index in [1.54, 1.807) is 0 Å². The van der Waals surface area contributed by atoms with E-state index in [1.165, 1.54) is 0 Å². The van der Waals surface area contributed by atoms with Crippen molar-refractivity contribution in [3.05, 3.63) is 12.2 Å². The van der Waals surface area contributed by atoms with Gasteiger partial charge in [0.15, 0.2) is 0 Å². The molecule has 4 heteroatoms. The summed E-state index contributed by atoms with van der Waals surface area (Å²) in [5.41, 5.74) is 0.849. The van der Waals surface area contributed by atoms with E-state index in [2.05, 4.69) is 25.3 Å². The van der Waals surface area contributed by atoms with Gasteiger partial charge in [-0.3, -0.25) is 4.90 Å². The normalized spacial score (nSPS) is 65.5. The Morgan fingerprint density at radius 3 is 2.69 bits per heavy atom. The minimum atomic E-state index is -0.500. The lowest BCUT2D eigenvalue weighted by Crippen LogP contribution is -2.68. The summed E-state index contributed by atoms with van der Waals surface area (Å²) < 4.78 is 0. The molecule has 3 N–H and O–H groups in total. The number of piperidine rings is 1. The first kappa shape index (κ1) is 16.5. The van der Waals surface area contributed by atoms with Crippen molar-refractivity contribution in [1.29, 1.82) is 0 Å². The van der Waals surface area contributed by atoms with Crippen molar-refractivity contribution in [3.8, 4) is 0 Å². The van der Waals surface area contributed by atoms with Crippen molar-refractivity contribution in [2.75, 3.05) is 13.1 Å². The molecule has 26 heavy (non-hydrogen) atoms. The molecule has 0 unspecified atom stereocenters. The lowest BCUT2D eigenvalue weighted by atomic mass is 9.43. The van der Waals surface area contributed by atoms with Gasteiger partial charge in [-0.15, -0.1) is 0 Å². The van der Waals surface area contributed by atoms with Crippen LogP contribution in [0.15, 0.2) is 12.2 Å². The molecule has 2 spiro atoms. The van der Waals surface area contributed by atoms with Crippen LogP contribution in [0.25, 0.3) is 0 Å². The maximum Gasteiger partial charge on any atom is 0.0813 e. The first-order valence-corrected chi connectivity index (χ1v) is 10.8. The molecule has 6 rings (SSSR count). The summed E-state index contributed by atoms with van der Waals surface area (Å²) in [6.07, 6.45) is 3.58. The van der Waals surface area contributed by atoms with Crippen molar-refractivity contribution in [2.45, 2.75) is 70.3 Å². The molecule has 0 aromatic rings. The molecule has 6 aliphatic rings. The monoisotopic (exact) mass is 359 g/mol. The number of rotatable bonds is 1. The number of fused-ring (bicyclic) bond motifs is 1. The molecule has 7 bridgehead atoms. The van der Waals surface area contributed by atoms with Crippen LogP contribution in [0.2, 0.25) is 0 Å². The quantitative estimate of drug-likeness (QED) is 0.625. The molecule has 0 aromatic carbocycles. The molecule has 0 amide bonds. The van der Waals surface area contributed by atoms with E-state index < -0.39 is 12.2 Å². The molecule has 5 saturated carbocycles. The van der Waals surface area contributed by atoms with Crippen LogP contribution in [-0.2, 0) is 0 Å². The van der Waals surface area contributed by atoms with Gasteiger partial charge < -0.3 is 15.3 Å². The van der Waals surface area contributed by atoms with E-state index in [9.17, 15) is 15.3 Å². The summed E-state index contributed by atoms with van der Waals surface area (Å²) in [5, 5.41) is 33.8. The van der Waals surface area contributed by atoms with Crippen LogP contribution in [0.4, 0.5) is 0 Å². The lowest BCUT2D eigenvalue weighted by molar-refractivity contribution is -0.218. The number of hydrogen-bond donors (Lipinski definition) is 3. The zero-order valence-electron chi connectivity index (χ0n) is 16.1. The van der Waals surface area contributed by atoms with E-state index in [4.69, 9.17) is 0 Å². The van der Waals surface area contributed by atoms with Gasteiger partial charge in [-0.25, -0.2) is 0 Å². The molecule has 0 radical (unpaired) electrons. The average molecular weight is 360 g/mol. The van der Waals surface area contributed by atoms with Gasteiger partial charge in [0.1, 0.15) is 0 Å². The van der Waals surface area contributed by atoms with Gasteiger partial charge in [0.25, 0.3) is 0 Å². The van der Waals surface area contributed by atoms with Crippen LogP contribution in [0.3, 0.4) is 0 Å². The largest absolute Gasteiger partial charge is 0.392 e. The van der Waals surface area contributed by atoms with Crippen molar-refractivity contribution in [2.24, 2.45) is 39.9 Å². The van der Waals surface area contributed by atoms with Crippen LogP contribution < -0.4 is 0 Å². The first-order valence-electron chi connectivity index (χ1n) is 10.8. The summed E-state index contributed by atoms with van der Waals surface area (Å²) >= 11 is 0. The van der Waals surface area contributed by atoms with E-state index in [0.29, 0.717) is 17.9 Å². The number of likely N-dealkylation sites (tertiary alicyclic amines) is 1. The summed E-state index contributed by atoms with van der Waals surface area (Å²) in [6, 6.07) is 0.373. The Bertz CT molecular complexity index is 695. The third kappa shape index (κ3) is 1.37. The Morgan fingerprint density at radius 1 is 1.19 bits per heavy atom. The second-order valence-electron chi connectivity index (χ2n) is 10.9. The second-order valence-corrected chi connectivity index (χ2v) is 10.9. The highest BCUT2D eigenvalue weighted by Gasteiger charge is 2.85. The predicted molar refractivity (Wildman–Crippen MR) is 98.2 cm³/mol. The minimum Gasteiger partial charge on any atom is -0.392 e. The molecule has 5 aliphatic carbocycles. The molecule has 1 aliphatic heterocycles. The highest BCUT2D eigenvalue weighted by Crippen LogP contribution is 2.83. The van der Waals surface area contributed by atoms with Crippen LogP contribution in [0.5, 0.6) is 0 Å². The highest BCUT2D eigenvalue weighted by molar-refractivity contribution is 5.39. The van der Waals surface area contributed by atoms with Crippen molar-refractivity contribution in [1.82, 2.24) is 4.90 Å². The standard InChI is InChI=1S/C22H33NO3/c1-4-23-10-20(3)6-5-17(25)22-15(20)7-13(18(22)23)21-9-12(11(2)19(21)26)14(24)8-16(21)22/h12-19,24-26H,2,4-10H2,1,3H3/t12-,13-,14-,15-,16-,17-,18+,19+,20-,21-,22-/m0/s1. The minimum absolute atomic E-state index is 0.0547. The third-order valence-electron chi connectivity index (χ3n) is 10.6. The number of hydrogen-bond acceptors (Lipinski definition) is 4. The van der Waals surface area contributed by atoms with Gasteiger partial charge in [0, 0.05) is 29.3 Å². The fourth-order valence-corrected chi connectivity index (χ4v) is 9.97. The molecule has 1 heterocycles. The van der Waals surface area contributed by atoms with Gasteiger partial charge in [-0.05, 0) is 67.4 Å². The molecule has 4 nitrogen and oxygen atoms in total.